The molecule has 0 unspecified atom stereocenters. The van der Waals surface area contributed by atoms with Gasteiger partial charge in [-0.3, -0.25) is 13.9 Å². The van der Waals surface area contributed by atoms with E-state index in [1.54, 1.807) is 0 Å². The van der Waals surface area contributed by atoms with Crippen LogP contribution in [0.2, 0.25) is 0 Å². The van der Waals surface area contributed by atoms with Crippen molar-refractivity contribution < 1.29 is 39.2 Å². The van der Waals surface area contributed by atoms with Crippen LogP contribution in [0, 0.1) is 6.92 Å². The Hall–Kier alpha value is -4.00. The fourth-order valence-electron chi connectivity index (χ4n) is 3.93. The summed E-state index contributed by atoms with van der Waals surface area (Å²) in [7, 11) is -13.8. The number of hydrogen-bond acceptors (Lipinski definition) is 10. The number of nitrogens with zero attached hydrogens (tertiary/aromatic N) is 2. The SMILES string of the molecule is C=C(Br)C(=O)Nc1ccc(N=Nc2c(N)ccc3cc(S(=O)(=O)O)ccc23)c(S(=O)(=O)c2ccc(C)c(S(=O)(=O)O)c2)c1. The molecule has 0 aliphatic carbocycles. The Labute approximate surface area is 254 Å². The number of nitrogen functional groups attached to an aromatic ring is 1. The summed E-state index contributed by atoms with van der Waals surface area (Å²) in [6.07, 6.45) is 0. The van der Waals surface area contributed by atoms with E-state index < -0.39 is 50.7 Å². The summed E-state index contributed by atoms with van der Waals surface area (Å²) in [6, 6.07) is 13.4. The molecule has 0 saturated carbocycles. The minimum absolute atomic E-state index is 0.0210. The van der Waals surface area contributed by atoms with Gasteiger partial charge in [0.1, 0.15) is 16.3 Å². The molecule has 0 heterocycles. The first kappa shape index (κ1) is 31.9. The molecule has 0 radical (unpaired) electrons. The number of amides is 1. The summed E-state index contributed by atoms with van der Waals surface area (Å²) < 4.78 is 93.4. The number of aryl methyl sites for hydroxylation is 1. The molecule has 4 aromatic rings. The number of azo groups is 1. The Bertz CT molecular complexity index is 2200. The molecule has 0 atom stereocenters. The third kappa shape index (κ3) is 6.82. The lowest BCUT2D eigenvalue weighted by atomic mass is 10.1. The fraction of sp³-hybridized carbons (Fsp3) is 0.0385. The number of anilines is 2. The van der Waals surface area contributed by atoms with E-state index in [-0.39, 0.29) is 37.7 Å². The Kier molecular flexibility index (Phi) is 8.60. The molecule has 0 fully saturated rings. The van der Waals surface area contributed by atoms with Gasteiger partial charge in [0, 0.05) is 11.1 Å². The molecule has 4 aromatic carbocycles. The topological polar surface area (TPSA) is 223 Å². The molecule has 43 heavy (non-hydrogen) atoms. The maximum absolute atomic E-state index is 13.8. The van der Waals surface area contributed by atoms with Crippen molar-refractivity contribution >= 4 is 85.4 Å². The van der Waals surface area contributed by atoms with E-state index >= 15 is 0 Å². The number of fused-ring (bicyclic) bond motifs is 1. The summed E-state index contributed by atoms with van der Waals surface area (Å²) >= 11 is 2.93. The molecule has 1 amide bonds. The van der Waals surface area contributed by atoms with Gasteiger partial charge < -0.3 is 11.1 Å². The molecule has 0 aliphatic rings. The molecule has 0 saturated heterocycles. The van der Waals surface area contributed by atoms with Crippen molar-refractivity contribution in [1.29, 1.82) is 0 Å². The van der Waals surface area contributed by atoms with Crippen LogP contribution in [-0.2, 0) is 34.9 Å². The normalized spacial score (nSPS) is 12.5. The fourth-order valence-corrected chi connectivity index (χ4v) is 6.81. The number of benzene rings is 4. The molecular formula is C26H21BrN4O9S3. The minimum Gasteiger partial charge on any atom is -0.397 e. The van der Waals surface area contributed by atoms with Gasteiger partial charge in [0.2, 0.25) is 9.84 Å². The van der Waals surface area contributed by atoms with Crippen LogP contribution in [0.15, 0.2) is 108 Å². The van der Waals surface area contributed by atoms with Crippen LogP contribution in [0.4, 0.5) is 22.7 Å². The zero-order valence-corrected chi connectivity index (χ0v) is 25.9. The lowest BCUT2D eigenvalue weighted by Crippen LogP contribution is -2.12. The van der Waals surface area contributed by atoms with Crippen LogP contribution in [0.1, 0.15) is 5.56 Å². The highest BCUT2D eigenvalue weighted by molar-refractivity contribution is 9.12. The monoisotopic (exact) mass is 708 g/mol. The van der Waals surface area contributed by atoms with Crippen molar-refractivity contribution in [2.45, 2.75) is 26.5 Å². The molecule has 17 heteroatoms. The van der Waals surface area contributed by atoms with Crippen molar-refractivity contribution in [2.24, 2.45) is 10.2 Å². The third-order valence-corrected chi connectivity index (χ3v) is 10.0. The van der Waals surface area contributed by atoms with E-state index in [0.29, 0.717) is 10.8 Å². The second kappa shape index (κ2) is 11.6. The second-order valence-electron chi connectivity index (χ2n) is 9.01. The van der Waals surface area contributed by atoms with Gasteiger partial charge in [-0.1, -0.05) is 24.8 Å². The minimum atomic E-state index is -4.77. The Balaban J connectivity index is 1.92. The summed E-state index contributed by atoms with van der Waals surface area (Å²) in [5, 5.41) is 11.3. The van der Waals surface area contributed by atoms with Crippen LogP contribution >= 0.6 is 15.9 Å². The first-order chi connectivity index (χ1) is 19.9. The van der Waals surface area contributed by atoms with Gasteiger partial charge in [-0.05, 0) is 82.3 Å². The second-order valence-corrected chi connectivity index (χ2v) is 14.7. The molecule has 4 rings (SSSR count). The molecule has 0 aliphatic heterocycles. The van der Waals surface area contributed by atoms with E-state index in [1.165, 1.54) is 49.4 Å². The van der Waals surface area contributed by atoms with Gasteiger partial charge in [0.25, 0.3) is 26.1 Å². The number of carbonyl (C=O) groups is 1. The third-order valence-electron chi connectivity index (χ3n) is 6.05. The number of sulfone groups is 1. The number of nitrogens with two attached hydrogens (primary N) is 1. The van der Waals surface area contributed by atoms with E-state index in [4.69, 9.17) is 5.73 Å². The van der Waals surface area contributed by atoms with Crippen LogP contribution in [0.3, 0.4) is 0 Å². The van der Waals surface area contributed by atoms with Gasteiger partial charge in [-0.15, -0.1) is 10.2 Å². The summed E-state index contributed by atoms with van der Waals surface area (Å²) in [5.74, 6) is -0.672. The average molecular weight is 710 g/mol. The first-order valence-electron chi connectivity index (χ1n) is 11.7. The van der Waals surface area contributed by atoms with E-state index in [2.05, 4.69) is 38.1 Å². The molecule has 0 aromatic heterocycles. The van der Waals surface area contributed by atoms with E-state index in [9.17, 15) is 39.2 Å². The lowest BCUT2D eigenvalue weighted by Gasteiger charge is -2.12. The zero-order chi connectivity index (χ0) is 31.9. The van der Waals surface area contributed by atoms with Crippen LogP contribution in [0.5, 0.6) is 0 Å². The highest BCUT2D eigenvalue weighted by atomic mass is 79.9. The predicted octanol–water partition coefficient (Wildman–Crippen LogP) is 5.32. The molecule has 13 nitrogen and oxygen atoms in total. The highest BCUT2D eigenvalue weighted by Gasteiger charge is 2.26. The largest absolute Gasteiger partial charge is 0.397 e. The average Bonchev–Trinajstić information content (AvgIpc) is 2.91. The van der Waals surface area contributed by atoms with Crippen molar-refractivity contribution in [3.63, 3.8) is 0 Å². The molecular weight excluding hydrogens is 688 g/mol. The van der Waals surface area contributed by atoms with Crippen LogP contribution < -0.4 is 11.1 Å². The van der Waals surface area contributed by atoms with E-state index in [1.807, 2.05) is 0 Å². The van der Waals surface area contributed by atoms with E-state index in [0.717, 1.165) is 24.3 Å². The van der Waals surface area contributed by atoms with Crippen molar-refractivity contribution in [3.05, 3.63) is 83.4 Å². The van der Waals surface area contributed by atoms with Crippen molar-refractivity contribution in [2.75, 3.05) is 11.1 Å². The number of halogens is 1. The maximum Gasteiger partial charge on any atom is 0.294 e. The standard InChI is InChI=1S/C26H21BrN4O9S3/c1-14-3-6-18(13-23(14)43(38,39)40)41(33,34)24-12-17(29-26(32)15(2)27)5-10-22(24)30-31-25-20-8-7-19(42(35,36)37)11-16(20)4-9-21(25)28/h3-13H,2,28H2,1H3,(H,29,32)(H,35,36,37)(H,38,39,40). The summed E-state index contributed by atoms with van der Waals surface area (Å²) in [6.45, 7) is 4.83. The maximum atomic E-state index is 13.8. The van der Waals surface area contributed by atoms with Crippen LogP contribution in [0.25, 0.3) is 10.8 Å². The van der Waals surface area contributed by atoms with Crippen LogP contribution in [-0.4, -0.2) is 40.3 Å². The predicted molar refractivity (Wildman–Crippen MR) is 162 cm³/mol. The Morgan fingerprint density at radius 1 is 0.837 bits per heavy atom. The molecule has 5 N–H and O–H groups in total. The lowest BCUT2D eigenvalue weighted by molar-refractivity contribution is -0.112. The van der Waals surface area contributed by atoms with Gasteiger partial charge in [0.05, 0.1) is 24.9 Å². The first-order valence-corrected chi connectivity index (χ1v) is 16.9. The Morgan fingerprint density at radius 2 is 1.51 bits per heavy atom. The van der Waals surface area contributed by atoms with Gasteiger partial charge >= 0.3 is 0 Å². The van der Waals surface area contributed by atoms with Crippen molar-refractivity contribution in [3.8, 4) is 0 Å². The number of nitrogens with one attached hydrogen (secondary N) is 1. The smallest absolute Gasteiger partial charge is 0.294 e. The van der Waals surface area contributed by atoms with Gasteiger partial charge in [-0.25, -0.2) is 8.42 Å². The molecule has 0 spiro atoms. The summed E-state index contributed by atoms with van der Waals surface area (Å²) in [4.78, 5) is 10.2. The molecule has 224 valence electrons. The summed E-state index contributed by atoms with van der Waals surface area (Å²) in [5.41, 5.74) is 6.13. The van der Waals surface area contributed by atoms with Gasteiger partial charge in [0.15, 0.2) is 0 Å². The number of rotatable bonds is 8. The highest BCUT2D eigenvalue weighted by Crippen LogP contribution is 2.38. The number of hydrogen-bond donors (Lipinski definition) is 4. The number of carbonyl (C=O) groups excluding carboxylic acids is 1. The Morgan fingerprint density at radius 3 is 2.14 bits per heavy atom. The van der Waals surface area contributed by atoms with Crippen molar-refractivity contribution in [1.82, 2.24) is 0 Å². The van der Waals surface area contributed by atoms with Gasteiger partial charge in [-0.2, -0.15) is 16.8 Å². The molecule has 0 bridgehead atoms. The quantitative estimate of drug-likeness (QED) is 0.0798. The zero-order valence-electron chi connectivity index (χ0n) is 21.9.